The van der Waals surface area contributed by atoms with Crippen molar-refractivity contribution in [3.05, 3.63) is 29.6 Å². The molecule has 0 aliphatic carbocycles. The third-order valence-corrected chi connectivity index (χ3v) is 1.98. The second kappa shape index (κ2) is 5.60. The molecule has 0 unspecified atom stereocenters. The van der Waals surface area contributed by atoms with Crippen LogP contribution in [0.15, 0.2) is 18.2 Å². The van der Waals surface area contributed by atoms with Gasteiger partial charge in [-0.15, -0.1) is 0 Å². The Hall–Kier alpha value is -1.09. The second-order valence-electron chi connectivity index (χ2n) is 3.22. The van der Waals surface area contributed by atoms with E-state index in [4.69, 9.17) is 4.74 Å². The van der Waals surface area contributed by atoms with E-state index in [0.717, 1.165) is 18.5 Å². The molecule has 0 atom stereocenters. The van der Waals surface area contributed by atoms with Gasteiger partial charge in [-0.2, -0.15) is 0 Å². The van der Waals surface area contributed by atoms with Crippen molar-refractivity contribution < 1.29 is 9.13 Å². The Morgan fingerprint density at radius 3 is 2.93 bits per heavy atom. The molecule has 2 nitrogen and oxygen atoms in total. The van der Waals surface area contributed by atoms with E-state index >= 15 is 0 Å². The van der Waals surface area contributed by atoms with E-state index in [-0.39, 0.29) is 5.82 Å². The zero-order valence-corrected chi connectivity index (χ0v) is 8.64. The Morgan fingerprint density at radius 2 is 2.21 bits per heavy atom. The van der Waals surface area contributed by atoms with E-state index in [1.807, 2.05) is 14.0 Å². The minimum atomic E-state index is -0.251. The van der Waals surface area contributed by atoms with Gasteiger partial charge < -0.3 is 10.1 Å². The van der Waals surface area contributed by atoms with Gasteiger partial charge in [-0.05, 0) is 38.6 Å². The van der Waals surface area contributed by atoms with Gasteiger partial charge in [0.1, 0.15) is 11.6 Å². The van der Waals surface area contributed by atoms with Crippen molar-refractivity contribution in [2.45, 2.75) is 13.3 Å². The van der Waals surface area contributed by atoms with Gasteiger partial charge in [-0.25, -0.2) is 4.39 Å². The summed E-state index contributed by atoms with van der Waals surface area (Å²) in [5, 5.41) is 3.03. The maximum atomic E-state index is 12.8. The third kappa shape index (κ3) is 3.34. The van der Waals surface area contributed by atoms with Gasteiger partial charge in [0.15, 0.2) is 0 Å². The van der Waals surface area contributed by atoms with Crippen LogP contribution in [0.2, 0.25) is 0 Å². The number of hydrogen-bond acceptors (Lipinski definition) is 2. The predicted octanol–water partition coefficient (Wildman–Crippen LogP) is 2.12. The second-order valence-corrected chi connectivity index (χ2v) is 3.22. The fourth-order valence-electron chi connectivity index (χ4n) is 1.16. The highest BCUT2D eigenvalue weighted by Gasteiger charge is 2.00. The number of aryl methyl sites for hydroxylation is 1. The zero-order chi connectivity index (χ0) is 10.4. The molecule has 0 amide bonds. The molecule has 0 bridgehead atoms. The first kappa shape index (κ1) is 11.0. The third-order valence-electron chi connectivity index (χ3n) is 1.98. The smallest absolute Gasteiger partial charge is 0.126 e. The standard InChI is InChI=1S/C11H16FNO/c1-9-4-5-10(12)8-11(9)14-7-3-6-13-2/h4-5,8,13H,3,6-7H2,1-2H3. The van der Waals surface area contributed by atoms with Crippen LogP contribution in [0.3, 0.4) is 0 Å². The largest absolute Gasteiger partial charge is 0.493 e. The summed E-state index contributed by atoms with van der Waals surface area (Å²) < 4.78 is 18.3. The molecular weight excluding hydrogens is 181 g/mol. The van der Waals surface area contributed by atoms with Crippen molar-refractivity contribution >= 4 is 0 Å². The van der Waals surface area contributed by atoms with Gasteiger partial charge in [-0.3, -0.25) is 0 Å². The van der Waals surface area contributed by atoms with Crippen molar-refractivity contribution in [3.8, 4) is 5.75 Å². The van der Waals surface area contributed by atoms with Crippen molar-refractivity contribution in [1.29, 1.82) is 0 Å². The Kier molecular flexibility index (Phi) is 4.40. The molecule has 1 aromatic rings. The van der Waals surface area contributed by atoms with Crippen LogP contribution in [0.1, 0.15) is 12.0 Å². The van der Waals surface area contributed by atoms with Crippen LogP contribution in [0, 0.1) is 12.7 Å². The molecule has 0 fully saturated rings. The molecule has 0 aliphatic rings. The lowest BCUT2D eigenvalue weighted by molar-refractivity contribution is 0.306. The number of nitrogens with one attached hydrogen (secondary N) is 1. The molecule has 78 valence electrons. The van der Waals surface area contributed by atoms with E-state index in [1.165, 1.54) is 12.1 Å². The maximum absolute atomic E-state index is 12.8. The minimum Gasteiger partial charge on any atom is -0.493 e. The van der Waals surface area contributed by atoms with Gasteiger partial charge in [0, 0.05) is 6.07 Å². The molecule has 0 radical (unpaired) electrons. The molecule has 14 heavy (non-hydrogen) atoms. The summed E-state index contributed by atoms with van der Waals surface area (Å²) in [6.45, 7) is 3.44. The van der Waals surface area contributed by atoms with Gasteiger partial charge in [0.25, 0.3) is 0 Å². The van der Waals surface area contributed by atoms with Crippen LogP contribution in [-0.2, 0) is 0 Å². The predicted molar refractivity (Wildman–Crippen MR) is 55.2 cm³/mol. The quantitative estimate of drug-likeness (QED) is 0.730. The lowest BCUT2D eigenvalue weighted by atomic mass is 10.2. The van der Waals surface area contributed by atoms with Crippen LogP contribution < -0.4 is 10.1 Å². The van der Waals surface area contributed by atoms with E-state index in [9.17, 15) is 4.39 Å². The molecule has 0 aliphatic heterocycles. The highest BCUT2D eigenvalue weighted by Crippen LogP contribution is 2.18. The van der Waals surface area contributed by atoms with Gasteiger partial charge in [0.2, 0.25) is 0 Å². The molecule has 0 aromatic heterocycles. The summed E-state index contributed by atoms with van der Waals surface area (Å²) in [5.41, 5.74) is 0.968. The van der Waals surface area contributed by atoms with Crippen LogP contribution in [-0.4, -0.2) is 20.2 Å². The molecule has 1 rings (SSSR count). The number of hydrogen-bond donors (Lipinski definition) is 1. The first-order chi connectivity index (χ1) is 6.74. The Labute approximate surface area is 84.1 Å². The fourth-order valence-corrected chi connectivity index (χ4v) is 1.16. The number of benzene rings is 1. The normalized spacial score (nSPS) is 10.2. The average Bonchev–Trinajstić information content (AvgIpc) is 2.18. The molecule has 0 saturated heterocycles. The number of rotatable bonds is 5. The van der Waals surface area contributed by atoms with Crippen molar-refractivity contribution in [3.63, 3.8) is 0 Å². The Balaban J connectivity index is 2.45. The first-order valence-corrected chi connectivity index (χ1v) is 4.77. The van der Waals surface area contributed by atoms with Crippen molar-refractivity contribution in [2.24, 2.45) is 0 Å². The number of halogens is 1. The SMILES string of the molecule is CNCCCOc1cc(F)ccc1C. The monoisotopic (exact) mass is 197 g/mol. The first-order valence-electron chi connectivity index (χ1n) is 4.77. The number of ether oxygens (including phenoxy) is 1. The fraction of sp³-hybridized carbons (Fsp3) is 0.455. The molecule has 0 saturated carbocycles. The lowest BCUT2D eigenvalue weighted by Crippen LogP contribution is -2.11. The summed E-state index contributed by atoms with van der Waals surface area (Å²) in [6, 6.07) is 4.59. The van der Waals surface area contributed by atoms with E-state index in [0.29, 0.717) is 12.4 Å². The molecular formula is C11H16FNO. The maximum Gasteiger partial charge on any atom is 0.126 e. The van der Waals surface area contributed by atoms with Gasteiger partial charge >= 0.3 is 0 Å². The molecule has 0 heterocycles. The van der Waals surface area contributed by atoms with Gasteiger partial charge in [-0.1, -0.05) is 6.07 Å². The highest BCUT2D eigenvalue weighted by atomic mass is 19.1. The average molecular weight is 197 g/mol. The summed E-state index contributed by atoms with van der Waals surface area (Å²) in [5.74, 6) is 0.389. The van der Waals surface area contributed by atoms with Crippen molar-refractivity contribution in [1.82, 2.24) is 5.32 Å². The zero-order valence-electron chi connectivity index (χ0n) is 8.64. The van der Waals surface area contributed by atoms with Crippen LogP contribution in [0.25, 0.3) is 0 Å². The summed E-state index contributed by atoms with van der Waals surface area (Å²) in [7, 11) is 1.90. The topological polar surface area (TPSA) is 21.3 Å². The highest BCUT2D eigenvalue weighted by molar-refractivity contribution is 5.32. The summed E-state index contributed by atoms with van der Waals surface area (Å²) in [6.07, 6.45) is 0.923. The minimum absolute atomic E-state index is 0.251. The van der Waals surface area contributed by atoms with E-state index in [1.54, 1.807) is 6.07 Å². The van der Waals surface area contributed by atoms with Crippen LogP contribution in [0.4, 0.5) is 4.39 Å². The molecule has 0 spiro atoms. The Morgan fingerprint density at radius 1 is 1.43 bits per heavy atom. The van der Waals surface area contributed by atoms with Crippen molar-refractivity contribution in [2.75, 3.05) is 20.2 Å². The molecule has 1 aromatic carbocycles. The van der Waals surface area contributed by atoms with E-state index < -0.39 is 0 Å². The van der Waals surface area contributed by atoms with Crippen LogP contribution >= 0.6 is 0 Å². The van der Waals surface area contributed by atoms with Gasteiger partial charge in [0.05, 0.1) is 6.61 Å². The summed E-state index contributed by atoms with van der Waals surface area (Å²) in [4.78, 5) is 0. The van der Waals surface area contributed by atoms with Crippen LogP contribution in [0.5, 0.6) is 5.75 Å². The summed E-state index contributed by atoms with van der Waals surface area (Å²) >= 11 is 0. The van der Waals surface area contributed by atoms with E-state index in [2.05, 4.69) is 5.32 Å². The molecule has 1 N–H and O–H groups in total. The lowest BCUT2D eigenvalue weighted by Gasteiger charge is -2.08. The Bertz CT molecular complexity index is 289. The molecule has 3 heteroatoms.